The molecular formula is C14H29BrO2S. The Kier molecular flexibility index (Phi) is 9.58. The van der Waals surface area contributed by atoms with Crippen molar-refractivity contribution in [3.05, 3.63) is 0 Å². The van der Waals surface area contributed by atoms with Gasteiger partial charge in [0.25, 0.3) is 0 Å². The molecule has 0 spiro atoms. The second kappa shape index (κ2) is 9.35. The largest absolute Gasteiger partial charge is 0.229 e. The van der Waals surface area contributed by atoms with Gasteiger partial charge >= 0.3 is 0 Å². The zero-order valence-corrected chi connectivity index (χ0v) is 14.6. The van der Waals surface area contributed by atoms with Gasteiger partial charge in [0.05, 0.1) is 11.5 Å². The van der Waals surface area contributed by atoms with Crippen LogP contribution in [0.5, 0.6) is 0 Å². The Balaban J connectivity index is 4.63. The summed E-state index contributed by atoms with van der Waals surface area (Å²) in [5.74, 6) is 0.722. The van der Waals surface area contributed by atoms with Gasteiger partial charge in [0, 0.05) is 5.33 Å². The topological polar surface area (TPSA) is 34.1 Å². The fourth-order valence-corrected chi connectivity index (χ4v) is 5.75. The van der Waals surface area contributed by atoms with Gasteiger partial charge in [0.15, 0.2) is 9.84 Å². The number of rotatable bonds is 11. The molecule has 0 atom stereocenters. The zero-order valence-electron chi connectivity index (χ0n) is 12.2. The SMILES string of the molecule is CCCCCS(=O)(=O)CC(CBr)(CCC)CCC. The van der Waals surface area contributed by atoms with Crippen LogP contribution in [0, 0.1) is 5.41 Å². The average Bonchev–Trinajstić information content (AvgIpc) is 2.29. The molecule has 0 heterocycles. The van der Waals surface area contributed by atoms with Gasteiger partial charge in [-0.1, -0.05) is 62.4 Å². The third-order valence-corrected chi connectivity index (χ3v) is 6.58. The van der Waals surface area contributed by atoms with Crippen LogP contribution in [-0.4, -0.2) is 25.3 Å². The van der Waals surface area contributed by atoms with Crippen molar-refractivity contribution < 1.29 is 8.42 Å². The molecule has 0 saturated carbocycles. The quantitative estimate of drug-likeness (QED) is 0.407. The van der Waals surface area contributed by atoms with E-state index in [2.05, 4.69) is 36.7 Å². The van der Waals surface area contributed by atoms with E-state index in [1.165, 1.54) is 0 Å². The molecule has 0 N–H and O–H groups in total. The van der Waals surface area contributed by atoms with E-state index in [0.29, 0.717) is 11.5 Å². The Hall–Kier alpha value is 0.430. The summed E-state index contributed by atoms with van der Waals surface area (Å²) in [6, 6.07) is 0. The lowest BCUT2D eigenvalue weighted by atomic mass is 9.83. The minimum atomic E-state index is -2.90. The van der Waals surface area contributed by atoms with E-state index in [1.54, 1.807) is 0 Å². The van der Waals surface area contributed by atoms with Crippen molar-refractivity contribution in [1.29, 1.82) is 0 Å². The molecule has 0 bridgehead atoms. The predicted molar refractivity (Wildman–Crippen MR) is 84.2 cm³/mol. The van der Waals surface area contributed by atoms with E-state index in [9.17, 15) is 8.42 Å². The molecule has 0 fully saturated rings. The van der Waals surface area contributed by atoms with Crippen molar-refractivity contribution >= 4 is 25.8 Å². The van der Waals surface area contributed by atoms with Crippen LogP contribution < -0.4 is 0 Å². The fourth-order valence-electron chi connectivity index (χ4n) is 2.61. The van der Waals surface area contributed by atoms with E-state index in [4.69, 9.17) is 0 Å². The number of hydrogen-bond acceptors (Lipinski definition) is 2. The second-order valence-corrected chi connectivity index (χ2v) is 8.18. The number of hydrogen-bond donors (Lipinski definition) is 0. The van der Waals surface area contributed by atoms with Crippen molar-refractivity contribution in [1.82, 2.24) is 0 Å². The maximum Gasteiger partial charge on any atom is 0.150 e. The summed E-state index contributed by atoms with van der Waals surface area (Å²) in [7, 11) is -2.90. The lowest BCUT2D eigenvalue weighted by Gasteiger charge is -2.31. The number of halogens is 1. The molecule has 110 valence electrons. The van der Waals surface area contributed by atoms with Gasteiger partial charge in [-0.3, -0.25) is 0 Å². The predicted octanol–water partition coefficient (Wildman–Crippen LogP) is 4.57. The highest BCUT2D eigenvalue weighted by molar-refractivity contribution is 9.09. The third-order valence-electron chi connectivity index (χ3n) is 3.43. The first kappa shape index (κ1) is 18.4. The lowest BCUT2D eigenvalue weighted by molar-refractivity contribution is 0.313. The maximum atomic E-state index is 12.2. The van der Waals surface area contributed by atoms with E-state index >= 15 is 0 Å². The highest BCUT2D eigenvalue weighted by atomic mass is 79.9. The maximum absolute atomic E-state index is 12.2. The minimum absolute atomic E-state index is 0.0471. The van der Waals surface area contributed by atoms with Crippen LogP contribution in [-0.2, 0) is 9.84 Å². The Morgan fingerprint density at radius 2 is 1.50 bits per heavy atom. The molecule has 0 aliphatic heterocycles. The van der Waals surface area contributed by atoms with Crippen LogP contribution in [0.1, 0.15) is 65.7 Å². The Morgan fingerprint density at radius 3 is 1.89 bits per heavy atom. The summed E-state index contributed by atoms with van der Waals surface area (Å²) in [4.78, 5) is 0. The van der Waals surface area contributed by atoms with Crippen molar-refractivity contribution in [2.24, 2.45) is 5.41 Å². The van der Waals surface area contributed by atoms with Crippen LogP contribution in [0.25, 0.3) is 0 Å². The van der Waals surface area contributed by atoms with E-state index in [-0.39, 0.29) is 5.41 Å². The van der Waals surface area contributed by atoms with Crippen LogP contribution >= 0.6 is 15.9 Å². The van der Waals surface area contributed by atoms with Gasteiger partial charge in [-0.15, -0.1) is 0 Å². The van der Waals surface area contributed by atoms with Gasteiger partial charge in [0.2, 0.25) is 0 Å². The second-order valence-electron chi connectivity index (χ2n) is 5.43. The van der Waals surface area contributed by atoms with Gasteiger partial charge in [0.1, 0.15) is 0 Å². The molecule has 0 amide bonds. The molecule has 0 rings (SSSR count). The van der Waals surface area contributed by atoms with E-state index in [0.717, 1.165) is 50.3 Å². The van der Waals surface area contributed by atoms with Crippen molar-refractivity contribution in [2.45, 2.75) is 65.7 Å². The zero-order chi connectivity index (χ0) is 14.1. The summed E-state index contributed by atoms with van der Waals surface area (Å²) in [5.41, 5.74) is -0.0471. The standard InChI is InChI=1S/C14H29BrO2S/c1-4-7-8-11-18(16,17)13-14(12-15,9-5-2)10-6-3/h4-13H2,1-3H3. The number of alkyl halides is 1. The smallest absolute Gasteiger partial charge is 0.150 e. The molecule has 0 aromatic rings. The van der Waals surface area contributed by atoms with Crippen LogP contribution in [0.3, 0.4) is 0 Å². The fraction of sp³-hybridized carbons (Fsp3) is 1.00. The molecule has 0 aliphatic rings. The molecule has 2 nitrogen and oxygen atoms in total. The molecular weight excluding hydrogens is 312 g/mol. The summed E-state index contributed by atoms with van der Waals surface area (Å²) >= 11 is 3.55. The van der Waals surface area contributed by atoms with Crippen molar-refractivity contribution in [3.63, 3.8) is 0 Å². The molecule has 18 heavy (non-hydrogen) atoms. The molecule has 0 saturated heterocycles. The minimum Gasteiger partial charge on any atom is -0.229 e. The van der Waals surface area contributed by atoms with Crippen molar-refractivity contribution in [2.75, 3.05) is 16.8 Å². The first-order valence-corrected chi connectivity index (χ1v) is 10.2. The average molecular weight is 341 g/mol. The molecule has 0 aliphatic carbocycles. The van der Waals surface area contributed by atoms with Crippen LogP contribution in [0.2, 0.25) is 0 Å². The Bertz CT molecular complexity index is 293. The summed E-state index contributed by atoms with van der Waals surface area (Å²) in [5, 5.41) is 0.800. The summed E-state index contributed by atoms with van der Waals surface area (Å²) in [6.07, 6.45) is 7.00. The number of unbranched alkanes of at least 4 members (excludes halogenated alkanes) is 2. The number of sulfone groups is 1. The van der Waals surface area contributed by atoms with Crippen molar-refractivity contribution in [3.8, 4) is 0 Å². The van der Waals surface area contributed by atoms with E-state index < -0.39 is 9.84 Å². The summed E-state index contributed by atoms with van der Waals surface area (Å²) < 4.78 is 24.4. The third kappa shape index (κ3) is 7.13. The molecule has 0 aromatic carbocycles. The molecule has 4 heteroatoms. The first-order chi connectivity index (χ1) is 8.45. The van der Waals surface area contributed by atoms with Gasteiger partial charge < -0.3 is 0 Å². The van der Waals surface area contributed by atoms with E-state index in [1.807, 2.05) is 0 Å². The first-order valence-electron chi connectivity index (χ1n) is 7.21. The highest BCUT2D eigenvalue weighted by Gasteiger charge is 2.32. The monoisotopic (exact) mass is 340 g/mol. The Morgan fingerprint density at radius 1 is 0.944 bits per heavy atom. The van der Waals surface area contributed by atoms with Gasteiger partial charge in [-0.25, -0.2) is 8.42 Å². The molecule has 0 aromatic heterocycles. The summed E-state index contributed by atoms with van der Waals surface area (Å²) in [6.45, 7) is 6.37. The van der Waals surface area contributed by atoms with Gasteiger partial charge in [-0.05, 0) is 24.7 Å². The van der Waals surface area contributed by atoms with Gasteiger partial charge in [-0.2, -0.15) is 0 Å². The highest BCUT2D eigenvalue weighted by Crippen LogP contribution is 2.34. The normalized spacial score (nSPS) is 12.9. The van der Waals surface area contributed by atoms with Crippen LogP contribution in [0.15, 0.2) is 0 Å². The molecule has 0 unspecified atom stereocenters. The Labute approximate surface area is 122 Å². The lowest BCUT2D eigenvalue weighted by Crippen LogP contribution is -2.33. The molecule has 0 radical (unpaired) electrons. The van der Waals surface area contributed by atoms with Crippen LogP contribution in [0.4, 0.5) is 0 Å².